The van der Waals surface area contributed by atoms with E-state index in [4.69, 9.17) is 0 Å². The van der Waals surface area contributed by atoms with Gasteiger partial charge in [-0.2, -0.15) is 5.26 Å². The highest BCUT2D eigenvalue weighted by atomic mass is 35.5. The number of nitriles is 1. The summed E-state index contributed by atoms with van der Waals surface area (Å²) in [6.45, 7) is 6.24. The third kappa shape index (κ3) is 6.00. The highest BCUT2D eigenvalue weighted by Gasteiger charge is 2.11. The van der Waals surface area contributed by atoms with Crippen molar-refractivity contribution in [3.8, 4) is 17.3 Å². The van der Waals surface area contributed by atoms with Gasteiger partial charge in [0.2, 0.25) is 5.82 Å². The molecule has 0 aliphatic carbocycles. The molecule has 1 aliphatic heterocycles. The smallest absolute Gasteiger partial charge is 0.232 e. The van der Waals surface area contributed by atoms with Crippen molar-refractivity contribution in [3.05, 3.63) is 46.9 Å². The van der Waals surface area contributed by atoms with Crippen molar-refractivity contribution in [2.45, 2.75) is 52.1 Å². The highest BCUT2D eigenvalue weighted by molar-refractivity contribution is 5.85. The maximum atomic E-state index is 9.28. The van der Waals surface area contributed by atoms with Crippen LogP contribution in [-0.4, -0.2) is 29.2 Å². The third-order valence-electron chi connectivity index (χ3n) is 4.99. The fourth-order valence-electron chi connectivity index (χ4n) is 3.30. The summed E-state index contributed by atoms with van der Waals surface area (Å²) in [5.74, 6) is 0.248. The second-order valence-electron chi connectivity index (χ2n) is 7.04. The average molecular weight is 386 g/mol. The first-order valence-corrected chi connectivity index (χ1v) is 9.48. The molecule has 1 aromatic carbocycles. The van der Waals surface area contributed by atoms with Crippen LogP contribution in [0.1, 0.15) is 48.3 Å². The van der Waals surface area contributed by atoms with E-state index in [0.29, 0.717) is 6.17 Å². The summed E-state index contributed by atoms with van der Waals surface area (Å²) < 4.78 is 0. The van der Waals surface area contributed by atoms with E-state index in [9.17, 15) is 5.26 Å². The number of hydrogen-bond donors (Lipinski definition) is 2. The molecular weight excluding hydrogens is 358 g/mol. The minimum absolute atomic E-state index is 0. The van der Waals surface area contributed by atoms with Crippen molar-refractivity contribution in [1.82, 2.24) is 20.6 Å². The average Bonchev–Trinajstić information content (AvgIpc) is 2.68. The van der Waals surface area contributed by atoms with Gasteiger partial charge in [0.05, 0.1) is 11.9 Å². The maximum absolute atomic E-state index is 9.28. The molecule has 1 fully saturated rings. The molecule has 6 heteroatoms. The zero-order valence-electron chi connectivity index (χ0n) is 16.1. The summed E-state index contributed by atoms with van der Waals surface area (Å²) in [6.07, 6.45) is 6.04. The Bertz CT molecular complexity index is 794. The summed E-state index contributed by atoms with van der Waals surface area (Å²) in [5, 5.41) is 16.3. The Morgan fingerprint density at radius 1 is 1.19 bits per heavy atom. The monoisotopic (exact) mass is 385 g/mol. The molecule has 1 aromatic heterocycles. The van der Waals surface area contributed by atoms with Gasteiger partial charge < -0.3 is 10.6 Å². The van der Waals surface area contributed by atoms with Crippen molar-refractivity contribution in [2.24, 2.45) is 0 Å². The van der Waals surface area contributed by atoms with Crippen molar-refractivity contribution < 1.29 is 0 Å². The summed E-state index contributed by atoms with van der Waals surface area (Å²) in [6, 6.07) is 10.4. The van der Waals surface area contributed by atoms with E-state index < -0.39 is 0 Å². The van der Waals surface area contributed by atoms with Gasteiger partial charge in [0.1, 0.15) is 6.07 Å². The molecule has 2 aromatic rings. The number of halogens is 1. The van der Waals surface area contributed by atoms with Crippen LogP contribution in [0.5, 0.6) is 0 Å². The Kier molecular flexibility index (Phi) is 8.18. The fourth-order valence-corrected chi connectivity index (χ4v) is 3.30. The molecule has 0 saturated carbocycles. The van der Waals surface area contributed by atoms with Crippen molar-refractivity contribution in [2.75, 3.05) is 13.1 Å². The first-order valence-electron chi connectivity index (χ1n) is 9.48. The van der Waals surface area contributed by atoms with Crippen LogP contribution in [0.15, 0.2) is 24.3 Å². The lowest BCUT2D eigenvalue weighted by Gasteiger charge is -2.24. The predicted molar refractivity (Wildman–Crippen MR) is 111 cm³/mol. The molecule has 0 spiro atoms. The fraction of sp³-hybridized carbons (Fsp3) is 0.476. The zero-order valence-corrected chi connectivity index (χ0v) is 16.9. The van der Waals surface area contributed by atoms with Gasteiger partial charge in [-0.25, -0.2) is 9.97 Å². The number of aromatic nitrogens is 2. The van der Waals surface area contributed by atoms with E-state index in [1.807, 2.05) is 6.07 Å². The molecular formula is C21H28ClN5. The quantitative estimate of drug-likeness (QED) is 0.742. The van der Waals surface area contributed by atoms with Gasteiger partial charge in [0.25, 0.3) is 0 Å². The molecule has 0 bridgehead atoms. The Morgan fingerprint density at radius 2 is 2.04 bits per heavy atom. The first kappa shape index (κ1) is 21.3. The van der Waals surface area contributed by atoms with Gasteiger partial charge in [0, 0.05) is 11.3 Å². The summed E-state index contributed by atoms with van der Waals surface area (Å²) in [4.78, 5) is 8.78. The van der Waals surface area contributed by atoms with E-state index in [0.717, 1.165) is 42.9 Å². The van der Waals surface area contributed by atoms with Crippen LogP contribution in [0.25, 0.3) is 11.3 Å². The lowest BCUT2D eigenvalue weighted by atomic mass is 10.0. The molecule has 3 rings (SSSR count). The van der Waals surface area contributed by atoms with E-state index in [1.54, 1.807) is 0 Å². The van der Waals surface area contributed by atoms with E-state index in [-0.39, 0.29) is 18.2 Å². The van der Waals surface area contributed by atoms with E-state index in [1.165, 1.54) is 30.4 Å². The number of nitrogens with one attached hydrogen (secondary N) is 2. The van der Waals surface area contributed by atoms with E-state index >= 15 is 0 Å². The zero-order chi connectivity index (χ0) is 18.4. The van der Waals surface area contributed by atoms with Gasteiger partial charge >= 0.3 is 0 Å². The Hall–Kier alpha value is -2.00. The molecule has 0 radical (unpaired) electrons. The summed E-state index contributed by atoms with van der Waals surface area (Å²) in [7, 11) is 0. The van der Waals surface area contributed by atoms with Crippen LogP contribution < -0.4 is 10.6 Å². The molecule has 1 atom stereocenters. The van der Waals surface area contributed by atoms with Crippen LogP contribution in [0.3, 0.4) is 0 Å². The van der Waals surface area contributed by atoms with Gasteiger partial charge in [-0.05, 0) is 82.3 Å². The minimum Gasteiger partial charge on any atom is -0.302 e. The number of hydrogen-bond acceptors (Lipinski definition) is 5. The Morgan fingerprint density at radius 3 is 2.74 bits per heavy atom. The van der Waals surface area contributed by atoms with Crippen LogP contribution in [0, 0.1) is 25.2 Å². The van der Waals surface area contributed by atoms with Crippen LogP contribution in [-0.2, 0) is 6.42 Å². The number of rotatable bonds is 6. The standard InChI is InChI=1S/C21H27N5.ClH/c1-15-8-9-17(12-16(15)2)19-13-18(25-21(14-22)26-19)6-5-11-24-20-7-3-4-10-23-20;/h8-9,12-13,20,23-24H,3-7,10-11H2,1-2H3;1H. The third-order valence-corrected chi connectivity index (χ3v) is 4.99. The molecule has 2 N–H and O–H groups in total. The Labute approximate surface area is 168 Å². The molecule has 1 unspecified atom stereocenters. The molecule has 0 amide bonds. The molecule has 5 nitrogen and oxygen atoms in total. The van der Waals surface area contributed by atoms with Crippen LogP contribution >= 0.6 is 12.4 Å². The molecule has 1 aliphatic rings. The van der Waals surface area contributed by atoms with Crippen molar-refractivity contribution in [1.29, 1.82) is 5.26 Å². The normalized spacial score (nSPS) is 16.4. The van der Waals surface area contributed by atoms with Crippen LogP contribution in [0.4, 0.5) is 0 Å². The topological polar surface area (TPSA) is 73.6 Å². The predicted octanol–water partition coefficient (Wildman–Crippen LogP) is 3.68. The van der Waals surface area contributed by atoms with E-state index in [2.05, 4.69) is 58.7 Å². The SMILES string of the molecule is Cc1ccc(-c2cc(CCCNC3CCCCN3)nc(C#N)n2)cc1C.Cl. The second-order valence-corrected chi connectivity index (χ2v) is 7.04. The summed E-state index contributed by atoms with van der Waals surface area (Å²) >= 11 is 0. The second kappa shape index (κ2) is 10.4. The lowest BCUT2D eigenvalue weighted by Crippen LogP contribution is -2.45. The molecule has 2 heterocycles. The molecule has 144 valence electrons. The summed E-state index contributed by atoms with van der Waals surface area (Å²) in [5.41, 5.74) is 5.29. The van der Waals surface area contributed by atoms with Crippen molar-refractivity contribution >= 4 is 12.4 Å². The maximum Gasteiger partial charge on any atom is 0.232 e. The lowest BCUT2D eigenvalue weighted by molar-refractivity contribution is 0.343. The van der Waals surface area contributed by atoms with Crippen molar-refractivity contribution in [3.63, 3.8) is 0 Å². The Balaban J connectivity index is 0.00000261. The largest absolute Gasteiger partial charge is 0.302 e. The van der Waals surface area contributed by atoms with Gasteiger partial charge in [-0.3, -0.25) is 0 Å². The van der Waals surface area contributed by atoms with Gasteiger partial charge in [0.15, 0.2) is 0 Å². The van der Waals surface area contributed by atoms with Gasteiger partial charge in [-0.1, -0.05) is 12.1 Å². The number of piperidine rings is 1. The van der Waals surface area contributed by atoms with Gasteiger partial charge in [-0.15, -0.1) is 12.4 Å². The van der Waals surface area contributed by atoms with Crippen LogP contribution in [0.2, 0.25) is 0 Å². The highest BCUT2D eigenvalue weighted by Crippen LogP contribution is 2.21. The first-order chi connectivity index (χ1) is 12.7. The molecule has 27 heavy (non-hydrogen) atoms. The number of nitrogens with zero attached hydrogens (tertiary/aromatic N) is 3. The minimum atomic E-state index is 0. The number of aryl methyl sites for hydroxylation is 3. The molecule has 1 saturated heterocycles. The number of benzene rings is 1.